The van der Waals surface area contributed by atoms with Crippen molar-refractivity contribution in [2.75, 3.05) is 0 Å². The molecule has 0 aliphatic rings. The molecule has 122 valence electrons. The number of nitrogens with zero attached hydrogens (tertiary/aromatic N) is 1. The number of hydrogen-bond donors (Lipinski definition) is 3. The van der Waals surface area contributed by atoms with Crippen LogP contribution in [0.25, 0.3) is 0 Å². The highest BCUT2D eigenvalue weighted by molar-refractivity contribution is 5.71. The Morgan fingerprint density at radius 3 is 2.55 bits per heavy atom. The van der Waals surface area contributed by atoms with Crippen molar-refractivity contribution in [2.45, 2.75) is 45.4 Å². The zero-order chi connectivity index (χ0) is 16.9. The van der Waals surface area contributed by atoms with Gasteiger partial charge in [0.05, 0.1) is 12.5 Å². The van der Waals surface area contributed by atoms with Crippen LogP contribution in [0.5, 0.6) is 0 Å². The first-order valence-corrected chi connectivity index (χ1v) is 6.58. The Hall–Kier alpha value is -2.58. The highest BCUT2D eigenvalue weighted by atomic mass is 16.6. The summed E-state index contributed by atoms with van der Waals surface area (Å²) in [5.41, 5.74) is -1.97. The third kappa shape index (κ3) is 6.25. The van der Waals surface area contributed by atoms with Gasteiger partial charge in [-0.2, -0.15) is 0 Å². The number of H-pyrrole nitrogens is 1. The summed E-state index contributed by atoms with van der Waals surface area (Å²) >= 11 is 0. The molecule has 0 spiro atoms. The molecule has 1 heterocycles. The van der Waals surface area contributed by atoms with Crippen LogP contribution >= 0.6 is 0 Å². The van der Waals surface area contributed by atoms with Gasteiger partial charge < -0.3 is 15.2 Å². The van der Waals surface area contributed by atoms with Crippen molar-refractivity contribution in [3.63, 3.8) is 0 Å². The van der Waals surface area contributed by atoms with Gasteiger partial charge >= 0.3 is 17.8 Å². The van der Waals surface area contributed by atoms with Gasteiger partial charge in [-0.1, -0.05) is 0 Å². The van der Waals surface area contributed by atoms with Gasteiger partial charge in [0.2, 0.25) is 0 Å². The van der Waals surface area contributed by atoms with Gasteiger partial charge in [0.25, 0.3) is 5.56 Å². The van der Waals surface area contributed by atoms with E-state index in [1.54, 1.807) is 20.8 Å². The van der Waals surface area contributed by atoms with E-state index >= 15 is 0 Å². The fourth-order valence-corrected chi connectivity index (χ4v) is 1.67. The summed E-state index contributed by atoms with van der Waals surface area (Å²) in [6.07, 6.45) is 0.0497. The van der Waals surface area contributed by atoms with Gasteiger partial charge in [-0.15, -0.1) is 0 Å². The maximum atomic E-state index is 11.7. The highest BCUT2D eigenvalue weighted by Gasteiger charge is 2.21. The van der Waals surface area contributed by atoms with E-state index in [1.165, 1.54) is 6.20 Å². The van der Waals surface area contributed by atoms with Gasteiger partial charge in [0.1, 0.15) is 5.60 Å². The Labute approximate surface area is 125 Å². The van der Waals surface area contributed by atoms with E-state index in [9.17, 15) is 19.2 Å². The smallest absolute Gasteiger partial charge is 0.407 e. The molecule has 0 saturated carbocycles. The van der Waals surface area contributed by atoms with Crippen molar-refractivity contribution < 1.29 is 19.4 Å². The Morgan fingerprint density at radius 1 is 1.41 bits per heavy atom. The van der Waals surface area contributed by atoms with Crippen LogP contribution in [0.2, 0.25) is 0 Å². The van der Waals surface area contributed by atoms with Crippen molar-refractivity contribution in [3.8, 4) is 0 Å². The number of ether oxygens (including phenoxy) is 1. The largest absolute Gasteiger partial charge is 0.481 e. The number of hydrogen-bond acceptors (Lipinski definition) is 5. The van der Waals surface area contributed by atoms with E-state index in [1.807, 2.05) is 4.98 Å². The van der Waals surface area contributed by atoms with E-state index in [0.29, 0.717) is 0 Å². The normalized spacial score (nSPS) is 12.5. The molecular formula is C13H19N3O6. The topological polar surface area (TPSA) is 130 Å². The molecule has 0 aromatic carbocycles. The third-order valence-corrected chi connectivity index (χ3v) is 2.46. The minimum atomic E-state index is -1.14. The SMILES string of the molecule is CC(C)(C)OC(=O)N[C@@H](CC(=O)O)Cn1ccc(=O)[nH]c1=O. The lowest BCUT2D eigenvalue weighted by atomic mass is 10.2. The van der Waals surface area contributed by atoms with Crippen LogP contribution in [-0.4, -0.2) is 38.4 Å². The second kappa shape index (κ2) is 6.92. The van der Waals surface area contributed by atoms with Gasteiger partial charge in [0, 0.05) is 18.8 Å². The summed E-state index contributed by atoms with van der Waals surface area (Å²) in [5, 5.41) is 11.3. The van der Waals surface area contributed by atoms with E-state index in [0.717, 1.165) is 10.6 Å². The second-order valence-electron chi connectivity index (χ2n) is 5.70. The molecule has 0 aliphatic heterocycles. The Balaban J connectivity index is 2.84. The number of aromatic nitrogens is 2. The van der Waals surface area contributed by atoms with Gasteiger partial charge in [-0.3, -0.25) is 19.1 Å². The number of amides is 1. The number of aliphatic carboxylic acids is 1. The molecule has 0 bridgehead atoms. The lowest BCUT2D eigenvalue weighted by molar-refractivity contribution is -0.137. The zero-order valence-electron chi connectivity index (χ0n) is 12.6. The zero-order valence-corrected chi connectivity index (χ0v) is 12.6. The molecule has 9 heteroatoms. The first-order chi connectivity index (χ1) is 10.1. The van der Waals surface area contributed by atoms with Gasteiger partial charge in [0.15, 0.2) is 0 Å². The molecule has 0 unspecified atom stereocenters. The summed E-state index contributed by atoms with van der Waals surface area (Å²) in [6, 6.07) is 0.267. The van der Waals surface area contributed by atoms with E-state index in [2.05, 4.69) is 5.32 Å². The van der Waals surface area contributed by atoms with Crippen molar-refractivity contribution in [2.24, 2.45) is 0 Å². The summed E-state index contributed by atoms with van der Waals surface area (Å²) in [6.45, 7) is 4.91. The number of rotatable bonds is 5. The monoisotopic (exact) mass is 313 g/mol. The van der Waals surface area contributed by atoms with Crippen LogP contribution < -0.4 is 16.6 Å². The number of carboxylic acids is 1. The third-order valence-electron chi connectivity index (χ3n) is 2.46. The molecular weight excluding hydrogens is 294 g/mol. The quantitative estimate of drug-likeness (QED) is 0.696. The molecule has 22 heavy (non-hydrogen) atoms. The van der Waals surface area contributed by atoms with Crippen molar-refractivity contribution in [1.82, 2.24) is 14.9 Å². The summed E-state index contributed by atoms with van der Waals surface area (Å²) in [5.74, 6) is -1.14. The summed E-state index contributed by atoms with van der Waals surface area (Å²) in [7, 11) is 0. The number of carboxylic acid groups (broad SMARTS) is 1. The number of nitrogens with one attached hydrogen (secondary N) is 2. The lowest BCUT2D eigenvalue weighted by Crippen LogP contribution is -2.44. The van der Waals surface area contributed by atoms with Gasteiger partial charge in [-0.25, -0.2) is 9.59 Å². The van der Waals surface area contributed by atoms with E-state index in [-0.39, 0.29) is 6.54 Å². The minimum absolute atomic E-state index is 0.110. The molecule has 0 aliphatic carbocycles. The van der Waals surface area contributed by atoms with Crippen molar-refractivity contribution >= 4 is 12.1 Å². The average molecular weight is 313 g/mol. The predicted octanol–water partition coefficient (Wildman–Crippen LogP) is -0.0954. The Kier molecular flexibility index (Phi) is 5.50. The number of carbonyl (C=O) groups excluding carboxylic acids is 1. The van der Waals surface area contributed by atoms with Crippen LogP contribution in [0.1, 0.15) is 27.2 Å². The van der Waals surface area contributed by atoms with E-state index < -0.39 is 41.4 Å². The fraction of sp³-hybridized carbons (Fsp3) is 0.538. The van der Waals surface area contributed by atoms with E-state index in [4.69, 9.17) is 9.84 Å². The molecule has 1 amide bonds. The molecule has 9 nitrogen and oxygen atoms in total. The van der Waals surface area contributed by atoms with Crippen molar-refractivity contribution in [1.29, 1.82) is 0 Å². The molecule has 1 rings (SSSR count). The Morgan fingerprint density at radius 2 is 2.05 bits per heavy atom. The van der Waals surface area contributed by atoms with Crippen LogP contribution in [0.3, 0.4) is 0 Å². The molecule has 0 saturated heterocycles. The van der Waals surface area contributed by atoms with Crippen LogP contribution in [0, 0.1) is 0 Å². The molecule has 1 aromatic rings. The Bertz CT molecular complexity index is 655. The van der Waals surface area contributed by atoms with Crippen LogP contribution in [0.4, 0.5) is 4.79 Å². The maximum absolute atomic E-state index is 11.7. The second-order valence-corrected chi connectivity index (χ2v) is 5.70. The molecule has 3 N–H and O–H groups in total. The summed E-state index contributed by atoms with van der Waals surface area (Å²) < 4.78 is 6.15. The first-order valence-electron chi connectivity index (χ1n) is 6.58. The standard InChI is InChI=1S/C13H19N3O6/c1-13(2,3)22-12(21)14-8(6-10(18)19)7-16-5-4-9(17)15-11(16)20/h4-5,8H,6-7H2,1-3H3,(H,14,21)(H,18,19)(H,15,17,20)/t8-/m0/s1. The average Bonchev–Trinajstić information content (AvgIpc) is 2.29. The predicted molar refractivity (Wildman–Crippen MR) is 76.7 cm³/mol. The molecule has 0 radical (unpaired) electrons. The molecule has 1 aromatic heterocycles. The minimum Gasteiger partial charge on any atom is -0.481 e. The molecule has 0 fully saturated rings. The fourth-order valence-electron chi connectivity index (χ4n) is 1.67. The van der Waals surface area contributed by atoms with Crippen LogP contribution in [0.15, 0.2) is 21.9 Å². The number of alkyl carbamates (subject to hydrolysis) is 1. The maximum Gasteiger partial charge on any atom is 0.407 e. The molecule has 1 atom stereocenters. The lowest BCUT2D eigenvalue weighted by Gasteiger charge is -2.23. The van der Waals surface area contributed by atoms with Gasteiger partial charge in [-0.05, 0) is 20.8 Å². The first kappa shape index (κ1) is 17.5. The number of carbonyl (C=O) groups is 2. The summed E-state index contributed by atoms with van der Waals surface area (Å²) in [4.78, 5) is 47.2. The van der Waals surface area contributed by atoms with Crippen LogP contribution in [-0.2, 0) is 16.1 Å². The van der Waals surface area contributed by atoms with Crippen molar-refractivity contribution in [3.05, 3.63) is 33.1 Å². The number of aromatic amines is 1. The highest BCUT2D eigenvalue weighted by Crippen LogP contribution is 2.07.